The van der Waals surface area contributed by atoms with Gasteiger partial charge in [-0.15, -0.1) is 0 Å². The van der Waals surface area contributed by atoms with E-state index < -0.39 is 17.7 Å². The van der Waals surface area contributed by atoms with E-state index in [9.17, 15) is 14.7 Å². The molecule has 3 rings (SSSR count). The molecule has 1 N–H and O–H groups in total. The number of aliphatic hydroxyl groups is 1. The number of aromatic nitrogens is 1. The summed E-state index contributed by atoms with van der Waals surface area (Å²) in [5.74, 6) is -1.17. The molecule has 2 aromatic rings. The minimum atomic E-state index is -0.570. The van der Waals surface area contributed by atoms with E-state index in [0.717, 1.165) is 11.1 Å². The minimum absolute atomic E-state index is 0.183. The van der Waals surface area contributed by atoms with Gasteiger partial charge in [-0.1, -0.05) is 37.3 Å². The summed E-state index contributed by atoms with van der Waals surface area (Å²) in [5, 5.41) is 10.3. The number of benzene rings is 1. The summed E-state index contributed by atoms with van der Waals surface area (Å²) in [6, 6.07) is 12.4. The summed E-state index contributed by atoms with van der Waals surface area (Å²) in [7, 11) is 0. The summed E-state index contributed by atoms with van der Waals surface area (Å²) in [5.41, 5.74) is 1.88. The van der Waals surface area contributed by atoms with Crippen molar-refractivity contribution in [3.8, 4) is 0 Å². The van der Waals surface area contributed by atoms with Crippen LogP contribution in [0.3, 0.4) is 0 Å². The Kier molecular flexibility index (Phi) is 4.42. The van der Waals surface area contributed by atoms with Gasteiger partial charge in [-0.2, -0.15) is 0 Å². The smallest absolute Gasteiger partial charge is 0.290 e. The first kappa shape index (κ1) is 15.9. The zero-order chi connectivity index (χ0) is 17.1. The van der Waals surface area contributed by atoms with Gasteiger partial charge in [-0.05, 0) is 23.3 Å². The molecule has 0 saturated heterocycles. The number of hydrogen-bond donors (Lipinski definition) is 1. The molecule has 0 saturated carbocycles. The second-order valence-electron chi connectivity index (χ2n) is 5.64. The van der Waals surface area contributed by atoms with Crippen LogP contribution in [0, 0.1) is 0 Å². The molecule has 0 bridgehead atoms. The van der Waals surface area contributed by atoms with Crippen LogP contribution in [0.5, 0.6) is 0 Å². The largest absolute Gasteiger partial charge is 0.503 e. The highest BCUT2D eigenvalue weighted by atomic mass is 16.3. The van der Waals surface area contributed by atoms with Gasteiger partial charge in [-0.25, -0.2) is 0 Å². The molecule has 0 radical (unpaired) electrons. The van der Waals surface area contributed by atoms with Crippen molar-refractivity contribution in [2.24, 2.45) is 0 Å². The predicted octanol–water partition coefficient (Wildman–Crippen LogP) is 2.96. The predicted molar refractivity (Wildman–Crippen MR) is 88.9 cm³/mol. The van der Waals surface area contributed by atoms with Gasteiger partial charge in [0, 0.05) is 25.4 Å². The Balaban J connectivity index is 2.04. The molecule has 1 aromatic heterocycles. The van der Waals surface area contributed by atoms with Crippen molar-refractivity contribution in [3.63, 3.8) is 0 Å². The highest BCUT2D eigenvalue weighted by Gasteiger charge is 2.42. The van der Waals surface area contributed by atoms with E-state index in [2.05, 4.69) is 4.98 Å². The fraction of sp³-hybridized carbons (Fsp3) is 0.211. The van der Waals surface area contributed by atoms with Gasteiger partial charge < -0.3 is 10.0 Å². The van der Waals surface area contributed by atoms with Crippen LogP contribution in [0.4, 0.5) is 0 Å². The molecule has 1 amide bonds. The highest BCUT2D eigenvalue weighted by Crippen LogP contribution is 2.38. The first-order valence-electron chi connectivity index (χ1n) is 7.84. The Morgan fingerprint density at radius 2 is 1.83 bits per heavy atom. The first-order valence-corrected chi connectivity index (χ1v) is 7.84. The maximum atomic E-state index is 12.6. The lowest BCUT2D eigenvalue weighted by molar-refractivity contribution is -0.130. The Morgan fingerprint density at radius 3 is 2.46 bits per heavy atom. The molecule has 0 spiro atoms. The van der Waals surface area contributed by atoms with Crippen molar-refractivity contribution in [2.45, 2.75) is 25.9 Å². The van der Waals surface area contributed by atoms with Crippen molar-refractivity contribution in [1.29, 1.82) is 0 Å². The molecule has 5 nitrogen and oxygen atoms in total. The second kappa shape index (κ2) is 6.66. The van der Waals surface area contributed by atoms with Gasteiger partial charge in [-0.3, -0.25) is 14.6 Å². The maximum Gasteiger partial charge on any atom is 0.290 e. The normalized spacial score (nSPS) is 17.5. The molecule has 2 heterocycles. The van der Waals surface area contributed by atoms with Crippen molar-refractivity contribution >= 4 is 11.7 Å². The number of ketones is 1. The van der Waals surface area contributed by atoms with Crippen LogP contribution in [-0.4, -0.2) is 26.7 Å². The molecular formula is C19H18N2O3. The summed E-state index contributed by atoms with van der Waals surface area (Å²) < 4.78 is 0. The lowest BCUT2D eigenvalue weighted by atomic mass is 9.95. The van der Waals surface area contributed by atoms with Gasteiger partial charge in [0.25, 0.3) is 5.91 Å². The van der Waals surface area contributed by atoms with Crippen LogP contribution in [0.15, 0.2) is 66.2 Å². The van der Waals surface area contributed by atoms with Crippen LogP contribution in [0.1, 0.15) is 30.5 Å². The van der Waals surface area contributed by atoms with E-state index in [0.29, 0.717) is 6.54 Å². The topological polar surface area (TPSA) is 70.5 Å². The summed E-state index contributed by atoms with van der Waals surface area (Å²) in [4.78, 5) is 30.4. The number of hydrogen-bond acceptors (Lipinski definition) is 4. The zero-order valence-electron chi connectivity index (χ0n) is 13.3. The molecule has 5 heteroatoms. The number of aliphatic hydroxyl groups excluding tert-OH is 1. The summed E-state index contributed by atoms with van der Waals surface area (Å²) in [6.07, 6.45) is 3.54. The Bertz CT molecular complexity index is 785. The van der Waals surface area contributed by atoms with Crippen LogP contribution in [-0.2, 0) is 16.1 Å². The van der Waals surface area contributed by atoms with Crippen molar-refractivity contribution in [2.75, 3.05) is 0 Å². The average Bonchev–Trinajstić information content (AvgIpc) is 2.87. The Morgan fingerprint density at radius 1 is 1.17 bits per heavy atom. The van der Waals surface area contributed by atoms with E-state index in [1.54, 1.807) is 19.3 Å². The van der Waals surface area contributed by atoms with Crippen molar-refractivity contribution in [1.82, 2.24) is 9.88 Å². The molecule has 1 aliphatic rings. The number of nitrogens with zero attached hydrogens (tertiary/aromatic N) is 2. The van der Waals surface area contributed by atoms with Gasteiger partial charge in [0.1, 0.15) is 0 Å². The standard InChI is InChI=1S/C19H18N2O3/c1-2-15(22)16-17(14-6-4-3-5-7-14)21(19(24)18(16)23)12-13-8-10-20-11-9-13/h3-11,17,23H,2,12H2,1H3. The molecule has 1 unspecified atom stereocenters. The van der Waals surface area contributed by atoms with E-state index in [4.69, 9.17) is 0 Å². The fourth-order valence-corrected chi connectivity index (χ4v) is 2.96. The molecule has 1 atom stereocenters. The number of carbonyl (C=O) groups is 2. The number of pyridine rings is 1. The lowest BCUT2D eigenvalue weighted by Gasteiger charge is -2.26. The fourth-order valence-electron chi connectivity index (χ4n) is 2.96. The third-order valence-corrected chi connectivity index (χ3v) is 4.14. The molecule has 24 heavy (non-hydrogen) atoms. The molecule has 0 fully saturated rings. The van der Waals surface area contributed by atoms with Crippen LogP contribution in [0.25, 0.3) is 0 Å². The quantitative estimate of drug-likeness (QED) is 0.919. The van der Waals surface area contributed by atoms with E-state index >= 15 is 0 Å². The van der Waals surface area contributed by atoms with Crippen LogP contribution < -0.4 is 0 Å². The van der Waals surface area contributed by atoms with Gasteiger partial charge in [0.05, 0.1) is 11.6 Å². The number of Topliss-reactive ketones (excluding diaryl/α,β-unsaturated/α-hetero) is 1. The van der Waals surface area contributed by atoms with Gasteiger partial charge in [0.2, 0.25) is 0 Å². The lowest BCUT2D eigenvalue weighted by Crippen LogP contribution is -2.30. The van der Waals surface area contributed by atoms with Crippen molar-refractivity contribution < 1.29 is 14.7 Å². The average molecular weight is 322 g/mol. The molecule has 122 valence electrons. The Hall–Kier alpha value is -2.95. The second-order valence-corrected chi connectivity index (χ2v) is 5.64. The van der Waals surface area contributed by atoms with Crippen LogP contribution in [0.2, 0.25) is 0 Å². The molecule has 0 aliphatic carbocycles. The van der Waals surface area contributed by atoms with E-state index in [-0.39, 0.29) is 17.8 Å². The third-order valence-electron chi connectivity index (χ3n) is 4.14. The third kappa shape index (κ3) is 2.80. The summed E-state index contributed by atoms with van der Waals surface area (Å²) in [6.45, 7) is 2.02. The number of amides is 1. The zero-order valence-corrected chi connectivity index (χ0v) is 13.3. The highest BCUT2D eigenvalue weighted by molar-refractivity contribution is 6.08. The Labute approximate surface area is 140 Å². The molecular weight excluding hydrogens is 304 g/mol. The van der Waals surface area contributed by atoms with Gasteiger partial charge >= 0.3 is 0 Å². The number of rotatable bonds is 5. The van der Waals surface area contributed by atoms with E-state index in [1.165, 1.54) is 4.90 Å². The monoisotopic (exact) mass is 322 g/mol. The SMILES string of the molecule is CCC(=O)C1=C(O)C(=O)N(Cc2ccncc2)C1c1ccccc1. The first-order chi connectivity index (χ1) is 11.6. The molecule has 1 aromatic carbocycles. The maximum absolute atomic E-state index is 12.6. The van der Waals surface area contributed by atoms with E-state index in [1.807, 2.05) is 42.5 Å². The minimum Gasteiger partial charge on any atom is -0.503 e. The number of carbonyl (C=O) groups excluding carboxylic acids is 2. The van der Waals surface area contributed by atoms with Crippen LogP contribution >= 0.6 is 0 Å². The van der Waals surface area contributed by atoms with Crippen molar-refractivity contribution in [3.05, 3.63) is 77.3 Å². The summed E-state index contributed by atoms with van der Waals surface area (Å²) >= 11 is 0. The molecule has 1 aliphatic heterocycles. The van der Waals surface area contributed by atoms with Gasteiger partial charge in [0.15, 0.2) is 11.5 Å².